The summed E-state index contributed by atoms with van der Waals surface area (Å²) >= 11 is 0. The van der Waals surface area contributed by atoms with Crippen molar-refractivity contribution in [3.8, 4) is 33.4 Å². The van der Waals surface area contributed by atoms with E-state index in [1.165, 1.54) is 120 Å². The summed E-state index contributed by atoms with van der Waals surface area (Å²) in [7, 11) is 0. The first-order valence-electron chi connectivity index (χ1n) is 19.6. The summed E-state index contributed by atoms with van der Waals surface area (Å²) in [6, 6.07) is 54.7. The van der Waals surface area contributed by atoms with Gasteiger partial charge in [0.15, 0.2) is 0 Å². The van der Waals surface area contributed by atoms with Gasteiger partial charge in [-0.1, -0.05) is 109 Å². The zero-order valence-electron chi connectivity index (χ0n) is 31.8. The predicted molar refractivity (Wildman–Crippen MR) is 240 cm³/mol. The topological polar surface area (TPSA) is 25.8 Å². The number of aromatic nitrogens is 2. The van der Waals surface area contributed by atoms with Crippen molar-refractivity contribution in [1.82, 2.24) is 9.97 Å². The quantitative estimate of drug-likeness (QED) is 0.170. The Morgan fingerprint density at radius 3 is 1.55 bits per heavy atom. The molecular weight excluding hydrogens is 677 g/mol. The second kappa shape index (κ2) is 11.3. The van der Waals surface area contributed by atoms with Gasteiger partial charge in [-0.3, -0.25) is 9.97 Å². The molecule has 0 bridgehead atoms. The van der Waals surface area contributed by atoms with Gasteiger partial charge in [0.05, 0.1) is 0 Å². The summed E-state index contributed by atoms with van der Waals surface area (Å²) in [5.41, 5.74) is 11.6. The molecule has 0 spiro atoms. The Bertz CT molecular complexity index is 3570. The second-order valence-corrected chi connectivity index (χ2v) is 15.8. The maximum atomic E-state index is 4.90. The van der Waals surface area contributed by atoms with Crippen LogP contribution < -0.4 is 0 Å². The van der Waals surface area contributed by atoms with Gasteiger partial charge in [0.2, 0.25) is 0 Å². The highest BCUT2D eigenvalue weighted by Gasteiger charge is 2.28. The lowest BCUT2D eigenvalue weighted by molar-refractivity contribution is 1.12. The van der Waals surface area contributed by atoms with Gasteiger partial charge >= 0.3 is 0 Å². The van der Waals surface area contributed by atoms with Gasteiger partial charge < -0.3 is 0 Å². The molecule has 0 saturated heterocycles. The van der Waals surface area contributed by atoms with Crippen LogP contribution in [0.3, 0.4) is 0 Å². The number of nitrogens with zero attached hydrogens (tertiary/aromatic N) is 2. The average Bonchev–Trinajstić information content (AvgIpc) is 3.70. The molecule has 12 aromatic rings. The fourth-order valence-corrected chi connectivity index (χ4v) is 10.4. The summed E-state index contributed by atoms with van der Waals surface area (Å²) in [6.45, 7) is 8.51. The van der Waals surface area contributed by atoms with Gasteiger partial charge in [-0.25, -0.2) is 0 Å². The third kappa shape index (κ3) is 4.22. The number of pyridine rings is 2. The molecule has 2 nitrogen and oxygen atoms in total. The molecule has 2 heterocycles. The summed E-state index contributed by atoms with van der Waals surface area (Å²) in [5.74, 6) is 0. The van der Waals surface area contributed by atoms with Crippen molar-refractivity contribution in [1.29, 1.82) is 0 Å². The van der Waals surface area contributed by atoms with Crippen molar-refractivity contribution in [2.75, 3.05) is 0 Å². The van der Waals surface area contributed by atoms with Gasteiger partial charge in [0.1, 0.15) is 0 Å². The Morgan fingerprint density at radius 2 is 0.839 bits per heavy atom. The van der Waals surface area contributed by atoms with E-state index in [-0.39, 0.29) is 0 Å². The lowest BCUT2D eigenvalue weighted by Crippen LogP contribution is -1.95. The molecule has 12 rings (SSSR count). The summed E-state index contributed by atoms with van der Waals surface area (Å²) < 4.78 is 0. The molecule has 56 heavy (non-hydrogen) atoms. The van der Waals surface area contributed by atoms with Gasteiger partial charge in [0, 0.05) is 22.8 Å². The van der Waals surface area contributed by atoms with E-state index in [2.05, 4.69) is 173 Å². The highest BCUT2D eigenvalue weighted by Crippen LogP contribution is 2.56. The normalized spacial score (nSPS) is 12.3. The number of hydrogen-bond donors (Lipinski definition) is 0. The standard InChI is InChI=1S/C54H36N2/c1-29-23-35(24-30(2)55-29)47-46-28-44-40-18-11-10-17-39(40)41-19-12-20-42(49(41)44)51(46)48(36-25-31(3)56-32(4)26-36)54-45-27-34-15-8-9-16-37(34)50-38(33-13-6-5-7-14-33)21-22-43(52(45)50)53(47)54/h5-28H,1-4H3. The molecule has 0 fully saturated rings. The van der Waals surface area contributed by atoms with E-state index in [9.17, 15) is 0 Å². The van der Waals surface area contributed by atoms with E-state index >= 15 is 0 Å². The van der Waals surface area contributed by atoms with Crippen molar-refractivity contribution in [3.05, 3.63) is 168 Å². The van der Waals surface area contributed by atoms with Crippen molar-refractivity contribution < 1.29 is 0 Å². The zero-order valence-corrected chi connectivity index (χ0v) is 31.8. The molecule has 0 saturated carbocycles. The Hall–Kier alpha value is -6.90. The van der Waals surface area contributed by atoms with Crippen LogP contribution in [0.1, 0.15) is 22.8 Å². The number of aryl methyl sites for hydroxylation is 4. The first-order chi connectivity index (χ1) is 27.4. The van der Waals surface area contributed by atoms with E-state index in [1.54, 1.807) is 0 Å². The van der Waals surface area contributed by atoms with E-state index in [0.717, 1.165) is 22.8 Å². The van der Waals surface area contributed by atoms with Crippen molar-refractivity contribution in [2.24, 2.45) is 0 Å². The Labute approximate surface area is 324 Å². The molecule has 2 aromatic heterocycles. The average molecular weight is 713 g/mol. The van der Waals surface area contributed by atoms with Gasteiger partial charge in [0.25, 0.3) is 0 Å². The molecule has 262 valence electrons. The SMILES string of the molecule is Cc1cc(-c2c3cc4c5ccccc5c5cccc(c3c(-c3cc(C)nc(C)c3)c3c6cc7ccccc7c7c(-c8ccccc8)ccc(c23)c67)c54)cc(C)n1. The maximum Gasteiger partial charge on any atom is 0.0382 e. The van der Waals surface area contributed by atoms with Crippen molar-refractivity contribution in [3.63, 3.8) is 0 Å². The molecule has 0 N–H and O–H groups in total. The van der Waals surface area contributed by atoms with Gasteiger partial charge in [-0.15, -0.1) is 0 Å². The molecular formula is C54H36N2. The third-order valence-corrected chi connectivity index (χ3v) is 12.3. The molecule has 0 aliphatic heterocycles. The van der Waals surface area contributed by atoms with Gasteiger partial charge in [-0.05, 0) is 184 Å². The van der Waals surface area contributed by atoms with E-state index < -0.39 is 0 Å². The summed E-state index contributed by atoms with van der Waals surface area (Å²) in [6.07, 6.45) is 0. The lowest BCUT2D eigenvalue weighted by Gasteiger charge is -2.20. The molecule has 0 aliphatic rings. The van der Waals surface area contributed by atoms with E-state index in [0.29, 0.717) is 0 Å². The molecule has 10 aromatic carbocycles. The van der Waals surface area contributed by atoms with E-state index in [4.69, 9.17) is 9.97 Å². The number of hydrogen-bond acceptors (Lipinski definition) is 2. The minimum absolute atomic E-state index is 1.02. The van der Waals surface area contributed by atoms with Gasteiger partial charge in [-0.2, -0.15) is 0 Å². The monoisotopic (exact) mass is 712 g/mol. The number of rotatable bonds is 3. The Balaban J connectivity index is 1.45. The number of fused-ring (bicyclic) bond motifs is 10. The van der Waals surface area contributed by atoms with Crippen LogP contribution in [0.5, 0.6) is 0 Å². The van der Waals surface area contributed by atoms with Crippen LogP contribution in [0, 0.1) is 27.7 Å². The Morgan fingerprint density at radius 1 is 0.286 bits per heavy atom. The minimum atomic E-state index is 1.02. The van der Waals surface area contributed by atoms with Crippen LogP contribution in [-0.2, 0) is 0 Å². The molecule has 2 heteroatoms. The first kappa shape index (κ1) is 31.5. The van der Waals surface area contributed by atoms with Crippen LogP contribution >= 0.6 is 0 Å². The van der Waals surface area contributed by atoms with Crippen LogP contribution in [0.25, 0.3) is 120 Å². The summed E-state index contributed by atoms with van der Waals surface area (Å²) in [5, 5.41) is 20.8. The number of benzene rings is 8. The molecule has 0 amide bonds. The van der Waals surface area contributed by atoms with Crippen LogP contribution in [0.15, 0.2) is 146 Å². The zero-order chi connectivity index (χ0) is 37.4. The maximum absolute atomic E-state index is 4.90. The van der Waals surface area contributed by atoms with E-state index in [1.807, 2.05) is 0 Å². The van der Waals surface area contributed by atoms with Crippen molar-refractivity contribution >= 4 is 86.2 Å². The van der Waals surface area contributed by atoms with Crippen LogP contribution in [0.2, 0.25) is 0 Å². The predicted octanol–water partition coefficient (Wildman–Crippen LogP) is 14.8. The second-order valence-electron chi connectivity index (χ2n) is 15.8. The highest BCUT2D eigenvalue weighted by atomic mass is 14.7. The highest BCUT2D eigenvalue weighted by molar-refractivity contribution is 6.46. The fourth-order valence-electron chi connectivity index (χ4n) is 10.4. The van der Waals surface area contributed by atoms with Crippen LogP contribution in [0.4, 0.5) is 0 Å². The van der Waals surface area contributed by atoms with Crippen molar-refractivity contribution in [2.45, 2.75) is 27.7 Å². The molecule has 0 atom stereocenters. The molecule has 0 unspecified atom stereocenters. The summed E-state index contributed by atoms with van der Waals surface area (Å²) in [4.78, 5) is 9.80. The lowest BCUT2D eigenvalue weighted by atomic mass is 9.83. The smallest absolute Gasteiger partial charge is 0.0382 e. The third-order valence-electron chi connectivity index (χ3n) is 12.3. The molecule has 0 radical (unpaired) electrons. The first-order valence-corrected chi connectivity index (χ1v) is 19.6. The largest absolute Gasteiger partial charge is 0.258 e. The molecule has 0 aliphatic carbocycles. The minimum Gasteiger partial charge on any atom is -0.258 e. The van der Waals surface area contributed by atoms with Crippen LogP contribution in [-0.4, -0.2) is 9.97 Å². The Kier molecular flexibility index (Phi) is 6.36. The fraction of sp³-hybridized carbons (Fsp3) is 0.0741.